The second-order valence-electron chi connectivity index (χ2n) is 4.24. The number of halogens is 1. The van der Waals surface area contributed by atoms with Crippen molar-refractivity contribution >= 4 is 0 Å². The Kier molecular flexibility index (Phi) is 5.72. The van der Waals surface area contributed by atoms with Crippen LogP contribution in [0.15, 0.2) is 5.18 Å². The van der Waals surface area contributed by atoms with Crippen LogP contribution >= 0.6 is 0 Å². The molecule has 0 aromatic rings. The molecule has 0 saturated heterocycles. The molecule has 0 bridgehead atoms. The Morgan fingerprint density at radius 1 is 0.857 bits per heavy atom. The molecule has 2 unspecified atom stereocenters. The third-order valence-corrected chi connectivity index (χ3v) is 3.03. The summed E-state index contributed by atoms with van der Waals surface area (Å²) in [6.45, 7) is 0. The summed E-state index contributed by atoms with van der Waals surface area (Å²) < 4.78 is 13.4. The van der Waals surface area contributed by atoms with Gasteiger partial charge in [-0.25, -0.2) is 4.39 Å². The highest BCUT2D eigenvalue weighted by Gasteiger charge is 2.21. The summed E-state index contributed by atoms with van der Waals surface area (Å²) >= 11 is 0. The predicted octanol–water partition coefficient (Wildman–Crippen LogP) is 3.98. The number of hydrogen-bond acceptors (Lipinski definition) is 2. The van der Waals surface area contributed by atoms with E-state index in [2.05, 4.69) is 5.18 Å². The van der Waals surface area contributed by atoms with E-state index in [4.69, 9.17) is 0 Å². The minimum absolute atomic E-state index is 0.524. The van der Waals surface area contributed by atoms with Gasteiger partial charge in [-0.15, -0.1) is 0 Å². The molecule has 0 aromatic carbocycles. The molecule has 1 rings (SSSR count). The first kappa shape index (κ1) is 11.6. The average molecular weight is 201 g/mol. The quantitative estimate of drug-likeness (QED) is 0.590. The molecule has 0 heterocycles. The molecule has 3 heteroatoms. The van der Waals surface area contributed by atoms with E-state index in [1.54, 1.807) is 0 Å². The molecule has 14 heavy (non-hydrogen) atoms. The van der Waals surface area contributed by atoms with Gasteiger partial charge in [0.2, 0.25) is 0 Å². The average Bonchev–Trinajstić information content (AvgIpc) is 2.24. The molecule has 0 aliphatic heterocycles. The van der Waals surface area contributed by atoms with E-state index in [1.165, 1.54) is 19.3 Å². The number of alkyl halides is 1. The highest BCUT2D eigenvalue weighted by molar-refractivity contribution is 4.76. The number of nitrogens with zero attached hydrogens (tertiary/aromatic N) is 1. The van der Waals surface area contributed by atoms with Crippen LogP contribution in [-0.4, -0.2) is 12.2 Å². The van der Waals surface area contributed by atoms with Crippen LogP contribution in [0.2, 0.25) is 0 Å². The van der Waals surface area contributed by atoms with Gasteiger partial charge in [-0.05, 0) is 12.8 Å². The fourth-order valence-corrected chi connectivity index (χ4v) is 2.07. The Bertz CT molecular complexity index is 163. The number of rotatable bonds is 1. The van der Waals surface area contributed by atoms with Crippen LogP contribution < -0.4 is 0 Å². The van der Waals surface area contributed by atoms with Crippen LogP contribution in [0.4, 0.5) is 4.39 Å². The van der Waals surface area contributed by atoms with E-state index < -0.39 is 12.2 Å². The lowest BCUT2D eigenvalue weighted by Gasteiger charge is -2.12. The normalized spacial score (nSPS) is 31.8. The predicted molar refractivity (Wildman–Crippen MR) is 56.0 cm³/mol. The van der Waals surface area contributed by atoms with Crippen molar-refractivity contribution in [3.8, 4) is 0 Å². The van der Waals surface area contributed by atoms with E-state index in [1.807, 2.05) is 0 Å². The van der Waals surface area contributed by atoms with Gasteiger partial charge in [-0.3, -0.25) is 0 Å². The van der Waals surface area contributed by atoms with Crippen molar-refractivity contribution in [3.05, 3.63) is 4.91 Å². The van der Waals surface area contributed by atoms with Crippen LogP contribution in [0.1, 0.15) is 57.8 Å². The molecule has 0 radical (unpaired) electrons. The molecule has 82 valence electrons. The lowest BCUT2D eigenvalue weighted by molar-refractivity contribution is 0.249. The molecule has 0 amide bonds. The second kappa shape index (κ2) is 6.91. The van der Waals surface area contributed by atoms with Gasteiger partial charge in [-0.1, -0.05) is 50.1 Å². The fraction of sp³-hybridized carbons (Fsp3) is 1.00. The van der Waals surface area contributed by atoms with E-state index in [0.717, 1.165) is 25.7 Å². The molecular weight excluding hydrogens is 181 g/mol. The van der Waals surface area contributed by atoms with E-state index in [-0.39, 0.29) is 0 Å². The van der Waals surface area contributed by atoms with Crippen molar-refractivity contribution in [2.75, 3.05) is 0 Å². The summed E-state index contributed by atoms with van der Waals surface area (Å²) in [6.07, 6.45) is 7.96. The molecule has 0 spiro atoms. The standard InChI is InChI=1S/C11H20FNO/c12-10-8-6-4-2-1-3-5-7-9-11(10)13-14/h10-11H,1-9H2. The Morgan fingerprint density at radius 2 is 1.36 bits per heavy atom. The molecule has 0 aromatic heterocycles. The van der Waals surface area contributed by atoms with Gasteiger partial charge in [-0.2, -0.15) is 4.91 Å². The SMILES string of the molecule is O=NC1CCCCCCCCCC1F. The van der Waals surface area contributed by atoms with Crippen LogP contribution in [0.3, 0.4) is 0 Å². The first-order chi connectivity index (χ1) is 6.84. The van der Waals surface area contributed by atoms with Crippen molar-refractivity contribution in [2.45, 2.75) is 70.0 Å². The van der Waals surface area contributed by atoms with Gasteiger partial charge in [0.05, 0.1) is 0 Å². The van der Waals surface area contributed by atoms with Crippen LogP contribution in [0, 0.1) is 4.91 Å². The van der Waals surface area contributed by atoms with Gasteiger partial charge in [0.25, 0.3) is 0 Å². The Morgan fingerprint density at radius 3 is 1.93 bits per heavy atom. The first-order valence-electron chi connectivity index (χ1n) is 5.81. The van der Waals surface area contributed by atoms with Crippen molar-refractivity contribution in [3.63, 3.8) is 0 Å². The molecule has 1 aliphatic rings. The molecule has 0 N–H and O–H groups in total. The maximum Gasteiger partial charge on any atom is 0.126 e. The van der Waals surface area contributed by atoms with Gasteiger partial charge in [0.1, 0.15) is 12.2 Å². The molecule has 1 saturated carbocycles. The number of nitroso groups, excluding NO2 is 1. The second-order valence-corrected chi connectivity index (χ2v) is 4.24. The summed E-state index contributed by atoms with van der Waals surface area (Å²) in [6, 6.07) is -0.576. The highest BCUT2D eigenvalue weighted by Crippen LogP contribution is 2.21. The largest absolute Gasteiger partial charge is 0.245 e. The smallest absolute Gasteiger partial charge is 0.126 e. The van der Waals surface area contributed by atoms with Crippen LogP contribution in [-0.2, 0) is 0 Å². The van der Waals surface area contributed by atoms with E-state index in [0.29, 0.717) is 12.8 Å². The summed E-state index contributed by atoms with van der Waals surface area (Å²) in [7, 11) is 0. The first-order valence-corrected chi connectivity index (χ1v) is 5.81. The maximum atomic E-state index is 13.4. The minimum atomic E-state index is -0.995. The lowest BCUT2D eigenvalue weighted by Crippen LogP contribution is -2.19. The molecular formula is C11H20FNO. The van der Waals surface area contributed by atoms with Gasteiger partial charge in [0, 0.05) is 0 Å². The highest BCUT2D eigenvalue weighted by atomic mass is 19.1. The summed E-state index contributed by atoms with van der Waals surface area (Å²) in [5.74, 6) is 0. The third-order valence-electron chi connectivity index (χ3n) is 3.03. The van der Waals surface area contributed by atoms with Crippen LogP contribution in [0.25, 0.3) is 0 Å². The summed E-state index contributed by atoms with van der Waals surface area (Å²) in [4.78, 5) is 10.4. The van der Waals surface area contributed by atoms with Crippen LogP contribution in [0.5, 0.6) is 0 Å². The van der Waals surface area contributed by atoms with Crippen molar-refractivity contribution in [1.82, 2.24) is 0 Å². The van der Waals surface area contributed by atoms with E-state index in [9.17, 15) is 9.30 Å². The van der Waals surface area contributed by atoms with Gasteiger partial charge in [0.15, 0.2) is 0 Å². The van der Waals surface area contributed by atoms with Gasteiger partial charge >= 0.3 is 0 Å². The molecule has 2 atom stereocenters. The third kappa shape index (κ3) is 4.16. The molecule has 1 fully saturated rings. The zero-order valence-corrected chi connectivity index (χ0v) is 8.75. The minimum Gasteiger partial charge on any atom is -0.245 e. The number of hydrogen-bond donors (Lipinski definition) is 0. The summed E-state index contributed by atoms with van der Waals surface area (Å²) in [5, 5.41) is 2.91. The topological polar surface area (TPSA) is 29.4 Å². The van der Waals surface area contributed by atoms with Crippen molar-refractivity contribution < 1.29 is 4.39 Å². The zero-order valence-electron chi connectivity index (χ0n) is 8.75. The Labute approximate surface area is 85.2 Å². The molecule has 2 nitrogen and oxygen atoms in total. The lowest BCUT2D eigenvalue weighted by atomic mass is 10.0. The Hall–Kier alpha value is -0.470. The maximum absolute atomic E-state index is 13.4. The van der Waals surface area contributed by atoms with Crippen molar-refractivity contribution in [2.24, 2.45) is 5.18 Å². The Balaban J connectivity index is 2.37. The monoisotopic (exact) mass is 201 g/mol. The zero-order chi connectivity index (χ0) is 10.2. The van der Waals surface area contributed by atoms with E-state index >= 15 is 0 Å². The fourth-order valence-electron chi connectivity index (χ4n) is 2.07. The molecule has 1 aliphatic carbocycles. The van der Waals surface area contributed by atoms with Gasteiger partial charge < -0.3 is 0 Å². The summed E-state index contributed by atoms with van der Waals surface area (Å²) in [5.41, 5.74) is 0. The van der Waals surface area contributed by atoms with Crippen molar-refractivity contribution in [1.29, 1.82) is 0 Å².